The van der Waals surface area contributed by atoms with Crippen molar-refractivity contribution in [2.75, 3.05) is 12.3 Å². The average Bonchev–Trinajstić information content (AvgIpc) is 2.01. The van der Waals surface area contributed by atoms with E-state index in [4.69, 9.17) is 22.4 Å². The minimum atomic E-state index is -0.508. The van der Waals surface area contributed by atoms with Gasteiger partial charge < -0.3 is 10.8 Å². The second-order valence-corrected chi connectivity index (χ2v) is 2.58. The Kier molecular flexibility index (Phi) is 2.67. The number of aliphatic hydroxyl groups is 1. The normalized spacial score (nSPS) is 10.2. The molecule has 0 aliphatic rings. The summed E-state index contributed by atoms with van der Waals surface area (Å²) in [5, 5.41) is 8.75. The number of hydrogen-bond acceptors (Lipinski definition) is 4. The molecule has 1 aromatic heterocycles. The highest BCUT2D eigenvalue weighted by molar-refractivity contribution is 6.32. The Morgan fingerprint density at radius 2 is 2.42 bits per heavy atom. The first-order valence-corrected chi connectivity index (χ1v) is 3.66. The second-order valence-electron chi connectivity index (χ2n) is 2.17. The lowest BCUT2D eigenvalue weighted by Crippen LogP contribution is -2.24. The predicted octanol–water partition coefficient (Wildman–Crippen LogP) is -0.529. The molecule has 0 bridgehead atoms. The van der Waals surface area contributed by atoms with Crippen LogP contribution in [0, 0.1) is 0 Å². The first-order chi connectivity index (χ1) is 5.65. The molecule has 0 aliphatic heterocycles. The van der Waals surface area contributed by atoms with Gasteiger partial charge in [0.2, 0.25) is 0 Å². The molecule has 0 aliphatic carbocycles. The maximum absolute atomic E-state index is 11.0. The van der Waals surface area contributed by atoms with Crippen molar-refractivity contribution < 1.29 is 5.11 Å². The van der Waals surface area contributed by atoms with E-state index < -0.39 is 5.69 Å². The van der Waals surface area contributed by atoms with Gasteiger partial charge in [0, 0.05) is 6.20 Å². The third-order valence-electron chi connectivity index (χ3n) is 1.32. The van der Waals surface area contributed by atoms with Crippen LogP contribution in [0.3, 0.4) is 0 Å². The number of halogens is 1. The number of anilines is 1. The minimum Gasteiger partial charge on any atom is -0.395 e. The van der Waals surface area contributed by atoms with Gasteiger partial charge in [0.1, 0.15) is 5.82 Å². The smallest absolute Gasteiger partial charge is 0.349 e. The Morgan fingerprint density at radius 3 is 3.00 bits per heavy atom. The highest BCUT2D eigenvalue weighted by Crippen LogP contribution is 2.11. The molecule has 0 radical (unpaired) electrons. The Bertz CT molecular complexity index is 336. The van der Waals surface area contributed by atoms with Gasteiger partial charge in [-0.1, -0.05) is 11.6 Å². The summed E-state index contributed by atoms with van der Waals surface area (Å²) >= 11 is 5.59. The molecule has 0 aromatic carbocycles. The van der Waals surface area contributed by atoms with Gasteiger partial charge in [0.25, 0.3) is 0 Å². The van der Waals surface area contributed by atoms with E-state index in [9.17, 15) is 4.79 Å². The second kappa shape index (κ2) is 3.55. The monoisotopic (exact) mass is 189 g/mol. The molecule has 0 unspecified atom stereocenters. The van der Waals surface area contributed by atoms with E-state index in [0.717, 1.165) is 0 Å². The molecular weight excluding hydrogens is 182 g/mol. The summed E-state index contributed by atoms with van der Waals surface area (Å²) < 4.78 is 1.19. The number of aromatic nitrogens is 2. The molecule has 66 valence electrons. The fraction of sp³-hybridized carbons (Fsp3) is 0.333. The lowest BCUT2D eigenvalue weighted by Gasteiger charge is -2.03. The molecular formula is C6H8ClN3O2. The van der Waals surface area contributed by atoms with E-state index >= 15 is 0 Å². The maximum atomic E-state index is 11.0. The van der Waals surface area contributed by atoms with Crippen molar-refractivity contribution in [3.63, 3.8) is 0 Å². The summed E-state index contributed by atoms with van der Waals surface area (Å²) in [7, 11) is 0. The highest BCUT2D eigenvalue weighted by atomic mass is 35.5. The van der Waals surface area contributed by atoms with Crippen molar-refractivity contribution in [1.29, 1.82) is 0 Å². The molecule has 1 heterocycles. The molecule has 5 nitrogen and oxygen atoms in total. The molecule has 1 rings (SSSR count). The van der Waals surface area contributed by atoms with E-state index in [1.54, 1.807) is 0 Å². The summed E-state index contributed by atoms with van der Waals surface area (Å²) in [6.07, 6.45) is 1.35. The van der Waals surface area contributed by atoms with Crippen molar-refractivity contribution in [1.82, 2.24) is 9.55 Å². The molecule has 12 heavy (non-hydrogen) atoms. The third-order valence-corrected chi connectivity index (χ3v) is 1.61. The van der Waals surface area contributed by atoms with Crippen molar-refractivity contribution in [2.45, 2.75) is 6.54 Å². The lowest BCUT2D eigenvalue weighted by atomic mass is 10.5. The van der Waals surface area contributed by atoms with Crippen molar-refractivity contribution in [3.05, 3.63) is 21.7 Å². The lowest BCUT2D eigenvalue weighted by molar-refractivity contribution is 0.273. The first kappa shape index (κ1) is 9.02. The van der Waals surface area contributed by atoms with E-state index in [-0.39, 0.29) is 24.0 Å². The zero-order chi connectivity index (χ0) is 9.14. The molecule has 1 aromatic rings. The van der Waals surface area contributed by atoms with Crippen LogP contribution in [0.4, 0.5) is 5.82 Å². The van der Waals surface area contributed by atoms with Crippen LogP contribution in [0.2, 0.25) is 5.02 Å². The molecule has 0 fully saturated rings. The third kappa shape index (κ3) is 1.75. The molecule has 0 spiro atoms. The van der Waals surface area contributed by atoms with Gasteiger partial charge in [0.05, 0.1) is 18.2 Å². The van der Waals surface area contributed by atoms with Crippen LogP contribution in [-0.2, 0) is 6.54 Å². The fourth-order valence-corrected chi connectivity index (χ4v) is 0.907. The van der Waals surface area contributed by atoms with Crippen LogP contribution in [0.5, 0.6) is 0 Å². The van der Waals surface area contributed by atoms with Gasteiger partial charge in [0.15, 0.2) is 0 Å². The van der Waals surface area contributed by atoms with Crippen molar-refractivity contribution in [2.24, 2.45) is 0 Å². The summed E-state index contributed by atoms with van der Waals surface area (Å²) in [5.74, 6) is 0.0101. The number of hydrogen-bond donors (Lipinski definition) is 2. The Balaban J connectivity index is 3.14. The first-order valence-electron chi connectivity index (χ1n) is 3.28. The molecule has 3 N–H and O–H groups in total. The molecule has 0 saturated heterocycles. The number of nitrogen functional groups attached to an aromatic ring is 1. The van der Waals surface area contributed by atoms with Crippen LogP contribution in [0.15, 0.2) is 11.0 Å². The summed E-state index contributed by atoms with van der Waals surface area (Å²) in [6, 6.07) is 0. The van der Waals surface area contributed by atoms with Crippen LogP contribution in [0.1, 0.15) is 0 Å². The highest BCUT2D eigenvalue weighted by Gasteiger charge is 2.01. The number of rotatable bonds is 2. The average molecular weight is 190 g/mol. The summed E-state index contributed by atoms with van der Waals surface area (Å²) in [4.78, 5) is 14.4. The predicted molar refractivity (Wildman–Crippen MR) is 45.0 cm³/mol. The largest absolute Gasteiger partial charge is 0.395 e. The number of aliphatic hydroxyl groups excluding tert-OH is 1. The van der Waals surface area contributed by atoms with Gasteiger partial charge in [-0.05, 0) is 0 Å². The fourth-order valence-electron chi connectivity index (χ4n) is 0.747. The zero-order valence-electron chi connectivity index (χ0n) is 6.20. The van der Waals surface area contributed by atoms with Crippen LogP contribution >= 0.6 is 11.6 Å². The number of nitrogens with two attached hydrogens (primary N) is 1. The zero-order valence-corrected chi connectivity index (χ0v) is 6.95. The molecule has 0 saturated carbocycles. The molecule has 0 atom stereocenters. The SMILES string of the molecule is Nc1nc(=O)n(CCO)cc1Cl. The van der Waals surface area contributed by atoms with E-state index in [1.165, 1.54) is 10.8 Å². The van der Waals surface area contributed by atoms with Gasteiger partial charge in [-0.2, -0.15) is 4.98 Å². The quantitative estimate of drug-likeness (QED) is 0.656. The Labute approximate surface area is 73.4 Å². The van der Waals surface area contributed by atoms with Gasteiger partial charge in [-0.3, -0.25) is 4.57 Å². The van der Waals surface area contributed by atoms with Crippen molar-refractivity contribution >= 4 is 17.4 Å². The van der Waals surface area contributed by atoms with E-state index in [2.05, 4.69) is 4.98 Å². The van der Waals surface area contributed by atoms with Crippen LogP contribution < -0.4 is 11.4 Å². The van der Waals surface area contributed by atoms with Gasteiger partial charge in [-0.15, -0.1) is 0 Å². The maximum Gasteiger partial charge on any atom is 0.349 e. The van der Waals surface area contributed by atoms with Crippen LogP contribution in [0.25, 0.3) is 0 Å². The standard InChI is InChI=1S/C6H8ClN3O2/c7-4-3-10(1-2-11)6(12)9-5(4)8/h3,11H,1-2H2,(H2,8,9,12). The molecule has 6 heteroatoms. The summed E-state index contributed by atoms with van der Waals surface area (Å²) in [5.41, 5.74) is 4.76. The number of nitrogens with zero attached hydrogens (tertiary/aromatic N) is 2. The van der Waals surface area contributed by atoms with E-state index in [0.29, 0.717) is 0 Å². The van der Waals surface area contributed by atoms with Crippen LogP contribution in [-0.4, -0.2) is 21.3 Å². The van der Waals surface area contributed by atoms with Crippen molar-refractivity contribution in [3.8, 4) is 0 Å². The van der Waals surface area contributed by atoms with Gasteiger partial charge in [-0.25, -0.2) is 4.79 Å². The van der Waals surface area contributed by atoms with E-state index in [1.807, 2.05) is 0 Å². The topological polar surface area (TPSA) is 81.1 Å². The van der Waals surface area contributed by atoms with Gasteiger partial charge >= 0.3 is 5.69 Å². The minimum absolute atomic E-state index is 0.0101. The summed E-state index contributed by atoms with van der Waals surface area (Å²) in [6.45, 7) is 0.0354. The Morgan fingerprint density at radius 1 is 1.75 bits per heavy atom. The Hall–Kier alpha value is -1.07. The molecule has 0 amide bonds.